The van der Waals surface area contributed by atoms with Crippen molar-refractivity contribution >= 4 is 17.7 Å². The maximum absolute atomic E-state index is 12.8. The summed E-state index contributed by atoms with van der Waals surface area (Å²) in [5.41, 5.74) is -1.34. The lowest BCUT2D eigenvalue weighted by molar-refractivity contribution is -0.192. The van der Waals surface area contributed by atoms with Gasteiger partial charge in [0.1, 0.15) is 24.5 Å². The van der Waals surface area contributed by atoms with Crippen LogP contribution < -0.4 is 4.90 Å². The lowest BCUT2D eigenvalue weighted by atomic mass is 9.88. The molecule has 0 radical (unpaired) electrons. The number of alkyl halides is 7. The van der Waals surface area contributed by atoms with Crippen LogP contribution in [0.25, 0.3) is 0 Å². The Morgan fingerprint density at radius 3 is 2.31 bits per heavy atom. The number of likely N-dealkylation sites (tertiary alicyclic amines) is 1. The molecule has 1 aromatic rings. The molecule has 2 aliphatic rings. The fourth-order valence-corrected chi connectivity index (χ4v) is 3.92. The van der Waals surface area contributed by atoms with Crippen LogP contribution in [0.2, 0.25) is 0 Å². The van der Waals surface area contributed by atoms with Crippen molar-refractivity contribution in [2.75, 3.05) is 31.2 Å². The van der Waals surface area contributed by atoms with Gasteiger partial charge in [-0.3, -0.25) is 4.79 Å². The van der Waals surface area contributed by atoms with Crippen molar-refractivity contribution < 1.29 is 45.4 Å². The van der Waals surface area contributed by atoms with Gasteiger partial charge in [-0.25, -0.2) is 19.2 Å². The summed E-state index contributed by atoms with van der Waals surface area (Å²) >= 11 is 0. The first-order valence-electron chi connectivity index (χ1n) is 9.61. The van der Waals surface area contributed by atoms with Gasteiger partial charge in [-0.2, -0.15) is 26.3 Å². The van der Waals surface area contributed by atoms with Gasteiger partial charge in [-0.05, 0) is 25.7 Å². The van der Waals surface area contributed by atoms with E-state index in [4.69, 9.17) is 9.90 Å². The molecule has 1 spiro atoms. The van der Waals surface area contributed by atoms with Gasteiger partial charge in [-0.15, -0.1) is 0 Å². The molecular formula is C18H21F7N4O3. The first-order valence-corrected chi connectivity index (χ1v) is 9.61. The summed E-state index contributed by atoms with van der Waals surface area (Å²) in [6, 6.07) is 0.955. The number of hydrogen-bond donors (Lipinski definition) is 1. The van der Waals surface area contributed by atoms with Crippen LogP contribution >= 0.6 is 0 Å². The summed E-state index contributed by atoms with van der Waals surface area (Å²) in [7, 11) is 0. The van der Waals surface area contributed by atoms with E-state index >= 15 is 0 Å². The first-order chi connectivity index (χ1) is 14.8. The fraction of sp³-hybridized carbons (Fsp3) is 0.667. The Hall–Kier alpha value is -2.67. The van der Waals surface area contributed by atoms with Crippen LogP contribution in [0.5, 0.6) is 0 Å². The lowest BCUT2D eigenvalue weighted by Gasteiger charge is -2.37. The Morgan fingerprint density at radius 1 is 1.09 bits per heavy atom. The van der Waals surface area contributed by atoms with E-state index < -0.39 is 30.7 Å². The number of anilines is 1. The van der Waals surface area contributed by atoms with Gasteiger partial charge in [0.25, 0.3) is 0 Å². The first kappa shape index (κ1) is 25.6. The number of aromatic nitrogens is 2. The van der Waals surface area contributed by atoms with Gasteiger partial charge >= 0.3 is 18.3 Å². The Bertz CT molecular complexity index is 818. The second-order valence-corrected chi connectivity index (χ2v) is 7.36. The second kappa shape index (κ2) is 9.86. The highest BCUT2D eigenvalue weighted by Crippen LogP contribution is 2.39. The fourth-order valence-electron chi connectivity index (χ4n) is 3.92. The molecule has 2 saturated heterocycles. The third-order valence-electron chi connectivity index (χ3n) is 5.41. The van der Waals surface area contributed by atoms with E-state index in [0.29, 0.717) is 38.8 Å². The van der Waals surface area contributed by atoms with Crippen LogP contribution in [-0.2, 0) is 15.8 Å². The minimum absolute atomic E-state index is 0.0347. The largest absolute Gasteiger partial charge is 0.490 e. The zero-order valence-corrected chi connectivity index (χ0v) is 16.7. The third kappa shape index (κ3) is 6.19. The summed E-state index contributed by atoms with van der Waals surface area (Å²) in [4.78, 5) is 31.6. The Morgan fingerprint density at radius 2 is 1.75 bits per heavy atom. The highest BCUT2D eigenvalue weighted by atomic mass is 19.4. The van der Waals surface area contributed by atoms with Crippen LogP contribution in [0.1, 0.15) is 37.8 Å². The zero-order chi connectivity index (χ0) is 24.2. The molecule has 0 aliphatic carbocycles. The predicted molar refractivity (Wildman–Crippen MR) is 96.4 cm³/mol. The molecule has 0 saturated carbocycles. The summed E-state index contributed by atoms with van der Waals surface area (Å²) < 4.78 is 83.1. The average molecular weight is 474 g/mol. The summed E-state index contributed by atoms with van der Waals surface area (Å²) in [5, 5.41) is 7.12. The smallest absolute Gasteiger partial charge is 0.475 e. The lowest BCUT2D eigenvalue weighted by Crippen LogP contribution is -2.47. The van der Waals surface area contributed by atoms with Gasteiger partial charge in [-0.1, -0.05) is 0 Å². The molecular weight excluding hydrogens is 453 g/mol. The number of hydrogen-bond acceptors (Lipinski definition) is 5. The van der Waals surface area contributed by atoms with E-state index in [1.807, 2.05) is 0 Å². The van der Waals surface area contributed by atoms with E-state index in [1.54, 1.807) is 9.80 Å². The summed E-state index contributed by atoms with van der Waals surface area (Å²) in [5.74, 6) is -2.55. The molecule has 1 aromatic heterocycles. The zero-order valence-electron chi connectivity index (χ0n) is 16.7. The molecule has 0 aromatic carbocycles. The van der Waals surface area contributed by atoms with E-state index in [0.717, 1.165) is 18.8 Å². The Balaban J connectivity index is 0.000000451. The number of carbonyl (C=O) groups is 2. The molecule has 1 unspecified atom stereocenters. The summed E-state index contributed by atoms with van der Waals surface area (Å²) in [6.45, 7) is 0.528. The van der Waals surface area contributed by atoms with E-state index in [-0.39, 0.29) is 23.8 Å². The number of carboxylic acid groups (broad SMARTS) is 1. The number of carbonyl (C=O) groups excluding carboxylic acids is 1. The van der Waals surface area contributed by atoms with Crippen LogP contribution in [0.3, 0.4) is 0 Å². The number of halogens is 7. The SMILES string of the molecule is O=C(O)C(F)(F)F.O=C1CCC2(CCCN(c3cc(C(F)(F)F)ncn3)CC2)N1CCF. The molecule has 1 amide bonds. The van der Waals surface area contributed by atoms with Gasteiger partial charge in [0.2, 0.25) is 5.91 Å². The highest BCUT2D eigenvalue weighted by molar-refractivity contribution is 5.79. The standard InChI is InChI=1S/C16H20F4N4O.C2HF3O2/c17-6-9-24-14(25)2-4-15(24)3-1-7-23(8-5-15)13-10-12(16(18,19)20)21-11-22-13;3-2(4,5)1(6)7/h10-11H,1-9H2;(H,6,7). The minimum atomic E-state index is -5.08. The van der Waals surface area contributed by atoms with Gasteiger partial charge < -0.3 is 14.9 Å². The van der Waals surface area contributed by atoms with Crippen LogP contribution in [0.4, 0.5) is 36.6 Å². The monoisotopic (exact) mass is 474 g/mol. The number of nitrogens with zero attached hydrogens (tertiary/aromatic N) is 4. The molecule has 7 nitrogen and oxygen atoms in total. The second-order valence-electron chi connectivity index (χ2n) is 7.36. The third-order valence-corrected chi connectivity index (χ3v) is 5.41. The molecule has 180 valence electrons. The molecule has 3 heterocycles. The van der Waals surface area contributed by atoms with Gasteiger partial charge in [0.05, 0.1) is 0 Å². The van der Waals surface area contributed by atoms with Crippen molar-refractivity contribution in [3.8, 4) is 0 Å². The van der Waals surface area contributed by atoms with Crippen molar-refractivity contribution in [2.45, 2.75) is 50.0 Å². The highest BCUT2D eigenvalue weighted by Gasteiger charge is 2.45. The number of aliphatic carboxylic acids is 1. The molecule has 14 heteroatoms. The molecule has 2 aliphatic heterocycles. The molecule has 32 heavy (non-hydrogen) atoms. The van der Waals surface area contributed by atoms with Crippen molar-refractivity contribution in [3.05, 3.63) is 18.1 Å². The number of amides is 1. The Kier molecular flexibility index (Phi) is 7.88. The van der Waals surface area contributed by atoms with E-state index in [1.165, 1.54) is 0 Å². The minimum Gasteiger partial charge on any atom is -0.475 e. The summed E-state index contributed by atoms with van der Waals surface area (Å²) in [6.07, 6.45) is -5.55. The Labute approximate surface area is 178 Å². The van der Waals surface area contributed by atoms with Crippen molar-refractivity contribution in [1.29, 1.82) is 0 Å². The number of carboxylic acids is 1. The van der Waals surface area contributed by atoms with E-state index in [9.17, 15) is 35.5 Å². The average Bonchev–Trinajstić information content (AvgIpc) is 2.88. The molecule has 3 rings (SSSR count). The topological polar surface area (TPSA) is 86.6 Å². The normalized spacial score (nSPS) is 21.9. The maximum Gasteiger partial charge on any atom is 0.490 e. The van der Waals surface area contributed by atoms with Crippen molar-refractivity contribution in [3.63, 3.8) is 0 Å². The molecule has 2 fully saturated rings. The van der Waals surface area contributed by atoms with Gasteiger partial charge in [0.15, 0.2) is 0 Å². The van der Waals surface area contributed by atoms with E-state index in [2.05, 4.69) is 9.97 Å². The molecule has 0 bridgehead atoms. The van der Waals surface area contributed by atoms with Crippen LogP contribution in [-0.4, -0.2) is 69.9 Å². The predicted octanol–water partition coefficient (Wildman–Crippen LogP) is 3.45. The van der Waals surface area contributed by atoms with Gasteiger partial charge in [0, 0.05) is 37.7 Å². The number of rotatable bonds is 3. The maximum atomic E-state index is 12.8. The van der Waals surface area contributed by atoms with Crippen LogP contribution in [0.15, 0.2) is 12.4 Å². The quantitative estimate of drug-likeness (QED) is 0.676. The molecule has 1 N–H and O–H groups in total. The van der Waals surface area contributed by atoms with Crippen molar-refractivity contribution in [2.24, 2.45) is 0 Å². The van der Waals surface area contributed by atoms with Crippen molar-refractivity contribution in [1.82, 2.24) is 14.9 Å². The molecule has 1 atom stereocenters. The van der Waals surface area contributed by atoms with Crippen LogP contribution in [0, 0.1) is 0 Å².